The van der Waals surface area contributed by atoms with Gasteiger partial charge in [-0.3, -0.25) is 9.52 Å². The van der Waals surface area contributed by atoms with Crippen LogP contribution in [0.2, 0.25) is 5.02 Å². The molecule has 0 saturated heterocycles. The van der Waals surface area contributed by atoms with Gasteiger partial charge in [-0.15, -0.1) is 0 Å². The van der Waals surface area contributed by atoms with Crippen LogP contribution in [0.4, 0.5) is 5.69 Å². The second kappa shape index (κ2) is 11.6. The van der Waals surface area contributed by atoms with Crippen molar-refractivity contribution in [3.05, 3.63) is 53.1 Å². The van der Waals surface area contributed by atoms with E-state index in [2.05, 4.69) is 23.6 Å². The fourth-order valence-corrected chi connectivity index (χ4v) is 5.84. The molecule has 37 heavy (non-hydrogen) atoms. The van der Waals surface area contributed by atoms with Crippen LogP contribution in [0.3, 0.4) is 0 Å². The number of carbonyl (C=O) groups is 1. The smallest absolute Gasteiger partial charge is 0.261 e. The minimum absolute atomic E-state index is 0.0219. The van der Waals surface area contributed by atoms with Crippen LogP contribution in [0.5, 0.6) is 5.75 Å². The molecule has 202 valence electrons. The second-order valence-electron chi connectivity index (χ2n) is 10.4. The summed E-state index contributed by atoms with van der Waals surface area (Å²) in [4.78, 5) is 17.4. The SMILES string of the molecule is C[C@H](CO)N1C[C@H](C)[C@H](CN(C)CC2CC2)Oc2ccc(NS(=O)(=O)c3ccc(Cl)cc3)cc2CC1=O. The standard InChI is InChI=1S/C27H36ClN3O5S/c1-18-14-31(19(2)17-32)27(33)13-21-12-23(29-37(34,35)24-9-6-22(28)7-10-24)8-11-25(21)36-26(18)16-30(3)15-20-4-5-20/h6-12,18-20,26,29,32H,4-5,13-17H2,1-3H3/t18-,19+,26-/m0/s1. The van der Waals surface area contributed by atoms with E-state index in [0.29, 0.717) is 35.1 Å². The third kappa shape index (κ3) is 7.16. The summed E-state index contributed by atoms with van der Waals surface area (Å²) in [5.41, 5.74) is 0.932. The Morgan fingerprint density at radius 1 is 1.19 bits per heavy atom. The van der Waals surface area contributed by atoms with Gasteiger partial charge in [0.25, 0.3) is 10.0 Å². The molecule has 1 amide bonds. The largest absolute Gasteiger partial charge is 0.488 e. The van der Waals surface area contributed by atoms with Gasteiger partial charge in [-0.25, -0.2) is 8.42 Å². The average Bonchev–Trinajstić information content (AvgIpc) is 3.65. The van der Waals surface area contributed by atoms with Crippen molar-refractivity contribution in [3.63, 3.8) is 0 Å². The summed E-state index contributed by atoms with van der Waals surface area (Å²) in [6.45, 7) is 5.94. The number of nitrogens with zero attached hydrogens (tertiary/aromatic N) is 2. The van der Waals surface area contributed by atoms with Gasteiger partial charge in [0.15, 0.2) is 0 Å². The third-order valence-electron chi connectivity index (χ3n) is 7.05. The molecule has 1 fully saturated rings. The number of halogens is 1. The van der Waals surface area contributed by atoms with E-state index in [1.54, 1.807) is 23.1 Å². The number of ether oxygens (including phenoxy) is 1. The predicted octanol–water partition coefficient (Wildman–Crippen LogP) is 3.63. The number of hydrogen-bond acceptors (Lipinski definition) is 6. The van der Waals surface area contributed by atoms with Crippen LogP contribution in [-0.4, -0.2) is 74.7 Å². The first kappa shape index (κ1) is 27.7. The Hall–Kier alpha value is -2.33. The van der Waals surface area contributed by atoms with Crippen molar-refractivity contribution < 1.29 is 23.1 Å². The van der Waals surface area contributed by atoms with E-state index in [4.69, 9.17) is 16.3 Å². The lowest BCUT2D eigenvalue weighted by Gasteiger charge is -2.34. The van der Waals surface area contributed by atoms with Crippen LogP contribution >= 0.6 is 11.6 Å². The molecule has 2 aliphatic rings. The van der Waals surface area contributed by atoms with Crippen LogP contribution in [0.15, 0.2) is 47.4 Å². The van der Waals surface area contributed by atoms with Gasteiger partial charge in [0, 0.05) is 41.8 Å². The Morgan fingerprint density at radius 3 is 2.54 bits per heavy atom. The van der Waals surface area contributed by atoms with Crippen LogP contribution in [0.25, 0.3) is 0 Å². The van der Waals surface area contributed by atoms with E-state index in [1.807, 2.05) is 6.92 Å². The number of nitrogens with one attached hydrogen (secondary N) is 1. The van der Waals surface area contributed by atoms with Crippen LogP contribution < -0.4 is 9.46 Å². The number of sulfonamides is 1. The fourth-order valence-electron chi connectivity index (χ4n) is 4.66. The van der Waals surface area contributed by atoms with Crippen molar-refractivity contribution in [2.24, 2.45) is 11.8 Å². The minimum Gasteiger partial charge on any atom is -0.488 e. The molecule has 2 N–H and O–H groups in total. The molecule has 0 aromatic heterocycles. The van der Waals surface area contributed by atoms with Crippen molar-refractivity contribution in [3.8, 4) is 5.75 Å². The highest BCUT2D eigenvalue weighted by atomic mass is 35.5. The predicted molar refractivity (Wildman–Crippen MR) is 144 cm³/mol. The maximum Gasteiger partial charge on any atom is 0.261 e. The molecular weight excluding hydrogens is 514 g/mol. The molecule has 2 aromatic carbocycles. The Bertz CT molecular complexity index is 1200. The summed E-state index contributed by atoms with van der Waals surface area (Å²) in [5.74, 6) is 1.20. The molecule has 0 radical (unpaired) electrons. The molecule has 4 rings (SSSR count). The van der Waals surface area contributed by atoms with Crippen molar-refractivity contribution in [2.75, 3.05) is 38.0 Å². The minimum atomic E-state index is -3.85. The number of likely N-dealkylation sites (N-methyl/N-ethyl adjacent to an activating group) is 1. The number of aliphatic hydroxyl groups excluding tert-OH is 1. The van der Waals surface area contributed by atoms with Gasteiger partial charge in [-0.05, 0) is 75.2 Å². The van der Waals surface area contributed by atoms with Gasteiger partial charge in [0.2, 0.25) is 5.91 Å². The van der Waals surface area contributed by atoms with Gasteiger partial charge < -0.3 is 19.6 Å². The maximum atomic E-state index is 13.4. The molecule has 1 aliphatic carbocycles. The number of rotatable bonds is 9. The van der Waals surface area contributed by atoms with Gasteiger partial charge in [-0.1, -0.05) is 18.5 Å². The maximum absolute atomic E-state index is 13.4. The molecule has 1 saturated carbocycles. The topological polar surface area (TPSA) is 99.2 Å². The van der Waals surface area contributed by atoms with Crippen molar-refractivity contribution in [1.29, 1.82) is 0 Å². The lowest BCUT2D eigenvalue weighted by atomic mass is 10.0. The van der Waals surface area contributed by atoms with E-state index < -0.39 is 10.0 Å². The Balaban J connectivity index is 1.63. The molecule has 1 aliphatic heterocycles. The number of fused-ring (bicyclic) bond motifs is 1. The van der Waals surface area contributed by atoms with Crippen LogP contribution in [0.1, 0.15) is 32.3 Å². The number of aliphatic hydroxyl groups is 1. The van der Waals surface area contributed by atoms with Gasteiger partial charge in [0.1, 0.15) is 11.9 Å². The average molecular weight is 550 g/mol. The lowest BCUT2D eigenvalue weighted by Crippen LogP contribution is -2.47. The number of benzene rings is 2. The number of amides is 1. The number of hydrogen-bond donors (Lipinski definition) is 2. The van der Waals surface area contributed by atoms with E-state index in [-0.39, 0.29) is 41.9 Å². The first-order valence-corrected chi connectivity index (χ1v) is 14.6. The summed E-state index contributed by atoms with van der Waals surface area (Å²) in [5, 5.41) is 10.3. The van der Waals surface area contributed by atoms with Crippen LogP contribution in [0, 0.1) is 11.8 Å². The van der Waals surface area contributed by atoms with Gasteiger partial charge in [-0.2, -0.15) is 0 Å². The molecule has 2 aromatic rings. The zero-order valence-corrected chi connectivity index (χ0v) is 23.1. The molecular formula is C27H36ClN3O5S. The van der Waals surface area contributed by atoms with Crippen molar-refractivity contribution in [1.82, 2.24) is 9.80 Å². The Labute approximate surface area is 224 Å². The fraction of sp³-hybridized carbons (Fsp3) is 0.519. The quantitative estimate of drug-likeness (QED) is 0.495. The summed E-state index contributed by atoms with van der Waals surface area (Å²) < 4.78 is 35.0. The zero-order valence-electron chi connectivity index (χ0n) is 21.6. The number of carbonyl (C=O) groups excluding carboxylic acids is 1. The summed E-state index contributed by atoms with van der Waals surface area (Å²) in [7, 11) is -1.75. The van der Waals surface area contributed by atoms with E-state index in [0.717, 1.165) is 12.5 Å². The lowest BCUT2D eigenvalue weighted by molar-refractivity contribution is -0.134. The molecule has 0 bridgehead atoms. The third-order valence-corrected chi connectivity index (χ3v) is 8.70. The number of anilines is 1. The molecule has 0 unspecified atom stereocenters. The van der Waals surface area contributed by atoms with Crippen LogP contribution in [-0.2, 0) is 21.2 Å². The first-order valence-electron chi connectivity index (χ1n) is 12.7. The Morgan fingerprint density at radius 2 is 1.89 bits per heavy atom. The highest BCUT2D eigenvalue weighted by molar-refractivity contribution is 7.92. The summed E-state index contributed by atoms with van der Waals surface area (Å²) >= 11 is 5.90. The zero-order chi connectivity index (χ0) is 26.7. The van der Waals surface area contributed by atoms with Gasteiger partial charge >= 0.3 is 0 Å². The van der Waals surface area contributed by atoms with E-state index in [1.165, 1.54) is 37.1 Å². The van der Waals surface area contributed by atoms with Crippen molar-refractivity contribution in [2.45, 2.75) is 50.2 Å². The highest BCUT2D eigenvalue weighted by Gasteiger charge is 2.32. The molecule has 10 heteroatoms. The highest BCUT2D eigenvalue weighted by Crippen LogP contribution is 2.32. The summed E-state index contributed by atoms with van der Waals surface area (Å²) in [6.07, 6.45) is 2.38. The summed E-state index contributed by atoms with van der Waals surface area (Å²) in [6, 6.07) is 10.6. The van der Waals surface area contributed by atoms with E-state index in [9.17, 15) is 18.3 Å². The molecule has 0 spiro atoms. The molecule has 3 atom stereocenters. The van der Waals surface area contributed by atoms with Crippen molar-refractivity contribution >= 4 is 33.2 Å². The normalized spacial score (nSPS) is 21.5. The molecule has 1 heterocycles. The Kier molecular flexibility index (Phi) is 8.68. The van der Waals surface area contributed by atoms with Gasteiger partial charge in [0.05, 0.1) is 24.0 Å². The van der Waals surface area contributed by atoms with E-state index >= 15 is 0 Å². The second-order valence-corrected chi connectivity index (χ2v) is 12.6. The monoisotopic (exact) mass is 549 g/mol. The first-order chi connectivity index (χ1) is 17.6. The molecule has 8 nitrogen and oxygen atoms in total.